The van der Waals surface area contributed by atoms with Crippen molar-refractivity contribution in [3.8, 4) is 0 Å². The molecule has 0 bridgehead atoms. The molecule has 0 aliphatic heterocycles. The van der Waals surface area contributed by atoms with Crippen LogP contribution in [0, 0.1) is 0 Å². The third-order valence-corrected chi connectivity index (χ3v) is 23.2. The predicted molar refractivity (Wildman–Crippen MR) is 496 cm³/mol. The summed E-state index contributed by atoms with van der Waals surface area (Å²) in [5.74, 6) is 1.32. The van der Waals surface area contributed by atoms with Crippen LogP contribution in [0.25, 0.3) is 55.8 Å². The molecule has 0 saturated carbocycles. The van der Waals surface area contributed by atoms with Crippen LogP contribution in [-0.4, -0.2) is 352 Å². The molecular weight excluding hydrogens is 1900 g/mol. The first-order chi connectivity index (χ1) is 64.9. The Morgan fingerprint density at radius 2 is 0.544 bits per heavy atom. The molecule has 0 aliphatic carbocycles. The minimum absolute atomic E-state index is 0.00971. The Bertz CT molecular complexity index is 5090. The van der Waals surface area contributed by atoms with Crippen molar-refractivity contribution in [1.29, 1.82) is 0 Å². The van der Waals surface area contributed by atoms with Crippen molar-refractivity contribution in [2.24, 2.45) is 0 Å². The number of methoxy groups -OCH3 is 6. The molecule has 0 saturated heterocycles. The minimum Gasteiger partial charge on any atom is -0.385 e. The highest BCUT2D eigenvalue weighted by molar-refractivity contribution is 7.53. The maximum Gasteiger partial charge on any atom is 0.353 e. The van der Waals surface area contributed by atoms with E-state index in [9.17, 15) is 47.3 Å². The van der Waals surface area contributed by atoms with Crippen LogP contribution in [0.4, 0.5) is 35.0 Å². The summed E-state index contributed by atoms with van der Waals surface area (Å²) in [6.07, 6.45) is 10.4. The maximum atomic E-state index is 12.1. The molecule has 0 amide bonds. The molecule has 0 aliphatic rings. The number of nitrogen functional groups attached to an aromatic ring is 6. The molecule has 10 rings (SSSR count). The van der Waals surface area contributed by atoms with Gasteiger partial charge in [-0.2, -0.15) is 9.97 Å². The summed E-state index contributed by atoms with van der Waals surface area (Å²) in [7, 11) is -10.2. The van der Waals surface area contributed by atoms with Crippen LogP contribution in [0.5, 0.6) is 0 Å². The van der Waals surface area contributed by atoms with Gasteiger partial charge in [0, 0.05) is 82.3 Å². The van der Waals surface area contributed by atoms with Crippen molar-refractivity contribution in [3.05, 3.63) is 56.9 Å². The van der Waals surface area contributed by atoms with Crippen LogP contribution in [0.3, 0.4) is 0 Å². The number of hydrogen-bond donors (Lipinski definition) is 11. The Kier molecular flexibility index (Phi) is 52.5. The number of imidazole rings is 5. The van der Waals surface area contributed by atoms with Crippen molar-refractivity contribution < 1.29 is 141 Å². The normalized spacial score (nSPS) is 15.1. The Balaban J connectivity index is 0.000000261. The highest BCUT2D eigenvalue weighted by Crippen LogP contribution is 2.46. The molecular formula is C75H131N26O30P5. The first-order valence-electron chi connectivity index (χ1n) is 42.5. The summed E-state index contributed by atoms with van der Waals surface area (Å²) in [6.45, 7) is 17.3. The summed E-state index contributed by atoms with van der Waals surface area (Å²) in [5, 5.41) is 0. The number of rotatable bonds is 63. The second-order valence-corrected chi connectivity index (χ2v) is 38.7. The molecule has 61 heteroatoms. The van der Waals surface area contributed by atoms with Gasteiger partial charge in [-0.3, -0.25) is 22.8 Å². The third-order valence-electron chi connectivity index (χ3n) is 17.9. The lowest BCUT2D eigenvalue weighted by molar-refractivity contribution is -0.0321. The molecule has 136 heavy (non-hydrogen) atoms. The fourth-order valence-electron chi connectivity index (χ4n) is 11.5. The van der Waals surface area contributed by atoms with Crippen molar-refractivity contribution in [3.63, 3.8) is 0 Å². The zero-order valence-electron chi connectivity index (χ0n) is 78.2. The Labute approximate surface area is 784 Å². The molecule has 0 fully saturated rings. The minimum atomic E-state index is -3.90. The second-order valence-electron chi connectivity index (χ2n) is 29.7. The topological polar surface area (TPSA) is 745 Å². The lowest BCUT2D eigenvalue weighted by atomic mass is 10.3. The largest absolute Gasteiger partial charge is 0.385 e. The van der Waals surface area contributed by atoms with E-state index in [4.69, 9.17) is 128 Å². The standard InChI is InChI=1S/2C16H28N5O6P.2C15H26N5O6P.C13H23N6O6P/c2*1-12(2)25-8-13(26-11-28(22,23)27-6-4-5-24-3)7-21-10-20-14-15(17)18-9-19-16(14)21;2*1-3-24-8-12(25-11-27(21,22)26-6-4-5-23-2)7-20-10-19-13-14(16)17-9-18-15(13)20;1-22-3-4-25-26(20,21)8-24-9(6-23-2)5-19-7-16-10-11(14)17-13(15)18-12(10)19/h2*9-10,12-13H,4-8,11H2,1-3H3,(H,22,23)(H2,17,18,19);2*9-10,12H,3-8,11H2,1-2H3,(H,21,22)(H2,16,17,18);7,9H,3-6,8H2,1-2H3,(H,20,21)(H4,14,15,17,18)/t2*13-;2*12-;9-/m10100/s1. The van der Waals surface area contributed by atoms with Crippen LogP contribution < -0.4 is 34.4 Å². The number of ether oxygens (including phenoxy) is 15. The zero-order chi connectivity index (χ0) is 99.7. The highest BCUT2D eigenvalue weighted by atomic mass is 31.2. The van der Waals surface area contributed by atoms with Crippen LogP contribution in [-0.2, 0) is 149 Å². The lowest BCUT2D eigenvalue weighted by Crippen LogP contribution is -2.27. The van der Waals surface area contributed by atoms with Gasteiger partial charge in [0.1, 0.15) is 84.6 Å². The fourth-order valence-corrected chi connectivity index (χ4v) is 15.9. The number of hydrogen-bond acceptors (Lipinski definition) is 46. The van der Waals surface area contributed by atoms with E-state index < -0.39 is 100 Å². The van der Waals surface area contributed by atoms with Gasteiger partial charge in [0.2, 0.25) is 5.95 Å². The van der Waals surface area contributed by atoms with Crippen LogP contribution in [0.15, 0.2) is 56.9 Å². The molecule has 0 spiro atoms. The molecule has 0 radical (unpaired) electrons. The Morgan fingerprint density at radius 1 is 0.294 bits per heavy atom. The van der Waals surface area contributed by atoms with E-state index >= 15 is 0 Å². The van der Waals surface area contributed by atoms with Crippen LogP contribution >= 0.6 is 38.0 Å². The van der Waals surface area contributed by atoms with Gasteiger partial charge in [-0.25, -0.2) is 64.8 Å². The quantitative estimate of drug-likeness (QED) is 0.0182. The van der Waals surface area contributed by atoms with Crippen LogP contribution in [0.1, 0.15) is 67.2 Å². The Morgan fingerprint density at radius 3 is 0.801 bits per heavy atom. The van der Waals surface area contributed by atoms with Crippen molar-refractivity contribution in [2.75, 3.05) is 221 Å². The monoisotopic (exact) mass is 2030 g/mol. The summed E-state index contributed by atoms with van der Waals surface area (Å²) in [4.78, 5) is 111. The number of nitrogens with two attached hydrogens (primary N) is 6. The van der Waals surface area contributed by atoms with Crippen molar-refractivity contribution in [2.45, 2.75) is 143 Å². The van der Waals surface area contributed by atoms with Gasteiger partial charge in [0.15, 0.2) is 57.3 Å². The third kappa shape index (κ3) is 42.8. The summed E-state index contributed by atoms with van der Waals surface area (Å²) >= 11 is 0. The first kappa shape index (κ1) is 116. The van der Waals surface area contributed by atoms with Gasteiger partial charge in [-0.1, -0.05) is 0 Å². The average Bonchev–Trinajstić information content (AvgIpc) is 1.66. The fraction of sp³-hybridized carbons (Fsp3) is 0.667. The molecule has 10 aromatic heterocycles. The maximum absolute atomic E-state index is 12.1. The van der Waals surface area contributed by atoms with E-state index in [2.05, 4.69) is 74.8 Å². The molecule has 10 heterocycles. The number of nitrogens with zero attached hydrogens (tertiary/aromatic N) is 20. The van der Waals surface area contributed by atoms with Crippen molar-refractivity contribution >= 4 is 129 Å². The van der Waals surface area contributed by atoms with Gasteiger partial charge in [0.25, 0.3) is 0 Å². The van der Waals surface area contributed by atoms with Gasteiger partial charge in [-0.15, -0.1) is 0 Å². The molecule has 10 atom stereocenters. The summed E-state index contributed by atoms with van der Waals surface area (Å²) < 4.78 is 173. The van der Waals surface area contributed by atoms with E-state index in [-0.39, 0.29) is 126 Å². The molecule has 17 N–H and O–H groups in total. The van der Waals surface area contributed by atoms with Gasteiger partial charge >= 0.3 is 38.0 Å². The number of fused-ring (bicyclic) bond motifs is 5. The van der Waals surface area contributed by atoms with Crippen molar-refractivity contribution in [1.82, 2.24) is 97.6 Å². The molecule has 56 nitrogen and oxygen atoms in total. The second kappa shape index (κ2) is 61.3. The molecule has 0 aromatic carbocycles. The van der Waals surface area contributed by atoms with Crippen LogP contribution in [0.2, 0.25) is 0 Å². The Hall–Kier alpha value is -8.30. The van der Waals surface area contributed by atoms with E-state index in [0.29, 0.717) is 147 Å². The smallest absolute Gasteiger partial charge is 0.353 e. The lowest BCUT2D eigenvalue weighted by Gasteiger charge is -2.21. The molecule has 766 valence electrons. The average molecular weight is 2030 g/mol. The number of anilines is 6. The van der Waals surface area contributed by atoms with Gasteiger partial charge < -0.3 is 175 Å². The van der Waals surface area contributed by atoms with Gasteiger partial charge in [-0.05, 0) is 67.2 Å². The van der Waals surface area contributed by atoms with E-state index in [1.54, 1.807) is 76.6 Å². The zero-order valence-corrected chi connectivity index (χ0v) is 82.7. The number of aromatic nitrogens is 20. The summed E-state index contributed by atoms with van der Waals surface area (Å²) in [5.41, 5.74) is 39.6. The first-order valence-corrected chi connectivity index (χ1v) is 51.4. The predicted octanol–water partition coefficient (Wildman–Crippen LogP) is 4.71. The SMILES string of the molecule is CCOC[C@@H](Cn1cnc2c(N)ncnc21)OCP(=O)(O)OCCCOC.CCOC[C@H](Cn1cnc2c(N)ncnc21)OCP(=O)(O)OCCCOC.COCCCOP(=O)(O)CO[C@@H](COC(C)C)Cn1cnc2c(N)ncnc21.COCCCOP(=O)(O)CO[C@H](COC(C)C)Cn1cnc2c(N)ncnc21.COCCOP(=O)(O)CO[C@H](COC)Cn1cnc2c(N)nc(N)nc21. The van der Waals surface area contributed by atoms with Gasteiger partial charge in [0.05, 0.1) is 180 Å². The molecule has 5 unspecified atom stereocenters. The summed E-state index contributed by atoms with van der Waals surface area (Å²) in [6, 6.07) is 0. The van der Waals surface area contributed by atoms with E-state index in [1.165, 1.54) is 45.9 Å². The molecule has 10 aromatic rings. The van der Waals surface area contributed by atoms with E-state index in [0.717, 1.165) is 0 Å². The van der Waals surface area contributed by atoms with E-state index in [1.807, 2.05) is 41.5 Å². The highest BCUT2D eigenvalue weighted by Gasteiger charge is 2.31.